The van der Waals surface area contributed by atoms with Crippen molar-refractivity contribution in [3.8, 4) is 0 Å². The molecule has 0 aliphatic rings. The molecule has 0 saturated heterocycles. The van der Waals surface area contributed by atoms with Crippen LogP contribution in [0.3, 0.4) is 0 Å². The fraction of sp³-hybridized carbons (Fsp3) is 0.333. The number of carbonyl (C=O) groups is 1. The van der Waals surface area contributed by atoms with Gasteiger partial charge < -0.3 is 4.98 Å². The zero-order chi connectivity index (χ0) is 9.14. The van der Waals surface area contributed by atoms with Crippen LogP contribution in [-0.2, 0) is 0 Å². The minimum absolute atomic E-state index is 0.0972. The summed E-state index contributed by atoms with van der Waals surface area (Å²) in [7, 11) is 0. The zero-order valence-corrected chi connectivity index (χ0v) is 7.99. The van der Waals surface area contributed by atoms with Crippen molar-refractivity contribution in [2.45, 2.75) is 20.3 Å². The van der Waals surface area contributed by atoms with Gasteiger partial charge >= 0.3 is 0 Å². The smallest absolute Gasteiger partial charge is 0.165 e. The van der Waals surface area contributed by atoms with Crippen molar-refractivity contribution in [1.29, 1.82) is 0 Å². The molecule has 0 spiro atoms. The SMILES string of the molecule is CCC(=O)c1cc(C)c[nH]c1=S. The van der Waals surface area contributed by atoms with E-state index in [1.54, 1.807) is 6.20 Å². The van der Waals surface area contributed by atoms with Gasteiger partial charge in [0.1, 0.15) is 4.64 Å². The average molecular weight is 181 g/mol. The summed E-state index contributed by atoms with van der Waals surface area (Å²) in [5.41, 5.74) is 1.66. The lowest BCUT2D eigenvalue weighted by Gasteiger charge is -1.99. The first kappa shape index (κ1) is 9.13. The summed E-state index contributed by atoms with van der Waals surface area (Å²) >= 11 is 4.98. The van der Waals surface area contributed by atoms with Gasteiger partial charge in [0.25, 0.3) is 0 Å². The monoisotopic (exact) mass is 181 g/mol. The van der Waals surface area contributed by atoms with Gasteiger partial charge in [-0.05, 0) is 18.6 Å². The Morgan fingerprint density at radius 2 is 2.33 bits per heavy atom. The van der Waals surface area contributed by atoms with Gasteiger partial charge in [0, 0.05) is 12.6 Å². The lowest BCUT2D eigenvalue weighted by atomic mass is 10.1. The van der Waals surface area contributed by atoms with Crippen LogP contribution in [0.2, 0.25) is 0 Å². The maximum atomic E-state index is 11.3. The van der Waals surface area contributed by atoms with E-state index >= 15 is 0 Å². The molecule has 0 aromatic carbocycles. The molecule has 3 heteroatoms. The molecule has 0 aliphatic heterocycles. The molecule has 1 heterocycles. The number of ketones is 1. The minimum atomic E-state index is 0.0972. The van der Waals surface area contributed by atoms with Crippen molar-refractivity contribution in [3.63, 3.8) is 0 Å². The standard InChI is InChI=1S/C9H11NOS/c1-3-8(11)7-4-6(2)5-10-9(7)12/h4-5H,3H2,1-2H3,(H,10,12). The van der Waals surface area contributed by atoms with E-state index in [-0.39, 0.29) is 5.78 Å². The second-order valence-electron chi connectivity index (χ2n) is 2.70. The minimum Gasteiger partial charge on any atom is -0.352 e. The van der Waals surface area contributed by atoms with E-state index in [2.05, 4.69) is 4.98 Å². The second-order valence-corrected chi connectivity index (χ2v) is 3.10. The summed E-state index contributed by atoms with van der Waals surface area (Å²) in [6, 6.07) is 1.82. The Labute approximate surface area is 76.6 Å². The Balaban J connectivity index is 3.23. The van der Waals surface area contributed by atoms with E-state index in [0.717, 1.165) is 5.56 Å². The molecule has 0 saturated carbocycles. The van der Waals surface area contributed by atoms with Gasteiger partial charge in [-0.1, -0.05) is 19.1 Å². The van der Waals surface area contributed by atoms with Crippen LogP contribution in [0, 0.1) is 11.6 Å². The number of carbonyl (C=O) groups excluding carboxylic acids is 1. The van der Waals surface area contributed by atoms with Crippen LogP contribution in [-0.4, -0.2) is 10.8 Å². The largest absolute Gasteiger partial charge is 0.352 e. The van der Waals surface area contributed by atoms with Gasteiger partial charge in [-0.3, -0.25) is 4.79 Å². The van der Waals surface area contributed by atoms with Crippen LogP contribution in [0.1, 0.15) is 29.3 Å². The van der Waals surface area contributed by atoms with Crippen LogP contribution >= 0.6 is 12.2 Å². The predicted molar refractivity (Wildman–Crippen MR) is 51.0 cm³/mol. The fourth-order valence-corrected chi connectivity index (χ4v) is 1.22. The molecule has 64 valence electrons. The average Bonchev–Trinajstić information content (AvgIpc) is 2.08. The number of Topliss-reactive ketones (excluding diaryl/α,β-unsaturated/α-hetero) is 1. The zero-order valence-electron chi connectivity index (χ0n) is 7.18. The lowest BCUT2D eigenvalue weighted by Crippen LogP contribution is -1.99. The van der Waals surface area contributed by atoms with Gasteiger partial charge in [0.2, 0.25) is 0 Å². The van der Waals surface area contributed by atoms with E-state index < -0.39 is 0 Å². The summed E-state index contributed by atoms with van der Waals surface area (Å²) in [4.78, 5) is 14.2. The Kier molecular flexibility index (Phi) is 2.76. The van der Waals surface area contributed by atoms with Gasteiger partial charge in [0.15, 0.2) is 5.78 Å². The van der Waals surface area contributed by atoms with E-state index in [1.807, 2.05) is 19.9 Å². The molecule has 0 atom stereocenters. The summed E-state index contributed by atoms with van der Waals surface area (Å²) in [5.74, 6) is 0.0972. The number of rotatable bonds is 2. The van der Waals surface area contributed by atoms with Crippen LogP contribution in [0.25, 0.3) is 0 Å². The van der Waals surface area contributed by atoms with E-state index in [0.29, 0.717) is 16.6 Å². The van der Waals surface area contributed by atoms with Crippen LogP contribution in [0.15, 0.2) is 12.3 Å². The molecule has 12 heavy (non-hydrogen) atoms. The van der Waals surface area contributed by atoms with Crippen molar-refractivity contribution in [2.24, 2.45) is 0 Å². The molecular weight excluding hydrogens is 170 g/mol. The third-order valence-corrected chi connectivity index (χ3v) is 2.01. The highest BCUT2D eigenvalue weighted by atomic mass is 32.1. The van der Waals surface area contributed by atoms with Crippen LogP contribution in [0.4, 0.5) is 0 Å². The molecule has 0 bridgehead atoms. The quantitative estimate of drug-likeness (QED) is 0.562. The number of hydrogen-bond acceptors (Lipinski definition) is 2. The highest BCUT2D eigenvalue weighted by Crippen LogP contribution is 2.06. The first-order valence-corrected chi connectivity index (χ1v) is 4.28. The van der Waals surface area contributed by atoms with Crippen molar-refractivity contribution >= 4 is 18.0 Å². The van der Waals surface area contributed by atoms with Gasteiger partial charge in [-0.25, -0.2) is 0 Å². The molecule has 0 amide bonds. The molecule has 0 aliphatic carbocycles. The first-order chi connectivity index (χ1) is 5.65. The van der Waals surface area contributed by atoms with Gasteiger partial charge in [0.05, 0.1) is 5.56 Å². The molecule has 2 nitrogen and oxygen atoms in total. The molecule has 1 aromatic heterocycles. The molecule has 0 unspecified atom stereocenters. The highest BCUT2D eigenvalue weighted by molar-refractivity contribution is 7.71. The summed E-state index contributed by atoms with van der Waals surface area (Å²) in [6.07, 6.45) is 2.30. The second kappa shape index (κ2) is 3.63. The number of hydrogen-bond donors (Lipinski definition) is 1. The molecule has 1 N–H and O–H groups in total. The molecule has 1 aromatic rings. The van der Waals surface area contributed by atoms with Crippen LogP contribution < -0.4 is 0 Å². The number of pyridine rings is 1. The topological polar surface area (TPSA) is 32.9 Å². The Morgan fingerprint density at radius 1 is 1.67 bits per heavy atom. The lowest BCUT2D eigenvalue weighted by molar-refractivity contribution is 0.0987. The third-order valence-electron chi connectivity index (χ3n) is 1.67. The number of aromatic nitrogens is 1. The summed E-state index contributed by atoms with van der Waals surface area (Å²) in [5, 5.41) is 0. The Hall–Kier alpha value is -0.960. The van der Waals surface area contributed by atoms with E-state index in [1.165, 1.54) is 0 Å². The first-order valence-electron chi connectivity index (χ1n) is 3.87. The normalized spacial score (nSPS) is 9.83. The fourth-order valence-electron chi connectivity index (χ4n) is 0.990. The van der Waals surface area contributed by atoms with Crippen molar-refractivity contribution in [2.75, 3.05) is 0 Å². The maximum Gasteiger partial charge on any atom is 0.165 e. The number of aromatic amines is 1. The highest BCUT2D eigenvalue weighted by Gasteiger charge is 2.04. The van der Waals surface area contributed by atoms with E-state index in [9.17, 15) is 4.79 Å². The van der Waals surface area contributed by atoms with Gasteiger partial charge in [-0.15, -0.1) is 0 Å². The summed E-state index contributed by atoms with van der Waals surface area (Å²) < 4.78 is 0.535. The third kappa shape index (κ3) is 1.80. The van der Waals surface area contributed by atoms with Crippen molar-refractivity contribution in [3.05, 3.63) is 28.0 Å². The summed E-state index contributed by atoms with van der Waals surface area (Å²) in [6.45, 7) is 3.76. The predicted octanol–water partition coefficient (Wildman–Crippen LogP) is 2.65. The molecular formula is C9H11NOS. The maximum absolute atomic E-state index is 11.3. The Morgan fingerprint density at radius 3 is 2.92 bits per heavy atom. The number of H-pyrrole nitrogens is 1. The molecule has 1 rings (SSSR count). The number of nitrogens with one attached hydrogen (secondary N) is 1. The molecule has 0 radical (unpaired) electrons. The van der Waals surface area contributed by atoms with Gasteiger partial charge in [-0.2, -0.15) is 0 Å². The number of aryl methyl sites for hydroxylation is 1. The van der Waals surface area contributed by atoms with Crippen molar-refractivity contribution < 1.29 is 4.79 Å². The van der Waals surface area contributed by atoms with Crippen molar-refractivity contribution in [1.82, 2.24) is 4.98 Å². The molecule has 0 fully saturated rings. The Bertz CT molecular complexity index is 354. The van der Waals surface area contributed by atoms with E-state index in [4.69, 9.17) is 12.2 Å². The van der Waals surface area contributed by atoms with Crippen LogP contribution in [0.5, 0.6) is 0 Å².